The molecule has 2 aromatic rings. The fraction of sp³-hybridized carbons (Fsp3) is 0.214. The number of fused-ring (bicyclic) bond motifs is 1. The number of carbonyl (C=O) groups is 1. The Balaban J connectivity index is 2.00. The van der Waals surface area contributed by atoms with E-state index in [4.69, 9.17) is 10.5 Å². The Kier molecular flexibility index (Phi) is 2.91. The van der Waals surface area contributed by atoms with Crippen LogP contribution < -0.4 is 15.4 Å². The number of thiophene rings is 1. The Hall–Kier alpha value is -2.01. The lowest BCUT2D eigenvalue weighted by molar-refractivity contribution is 0.0990. The van der Waals surface area contributed by atoms with Crippen LogP contribution in [0.4, 0.5) is 11.4 Å². The van der Waals surface area contributed by atoms with Crippen LogP contribution in [0.25, 0.3) is 0 Å². The van der Waals surface area contributed by atoms with Gasteiger partial charge in [-0.25, -0.2) is 0 Å². The smallest absolute Gasteiger partial charge is 0.272 e. The lowest BCUT2D eigenvalue weighted by Gasteiger charge is -2.18. The van der Waals surface area contributed by atoms with Crippen LogP contribution in [0.5, 0.6) is 5.75 Å². The van der Waals surface area contributed by atoms with Gasteiger partial charge in [-0.15, -0.1) is 11.3 Å². The zero-order valence-electron chi connectivity index (χ0n) is 10.6. The zero-order chi connectivity index (χ0) is 13.4. The maximum absolute atomic E-state index is 12.6. The predicted molar refractivity (Wildman–Crippen MR) is 77.1 cm³/mol. The molecule has 98 valence electrons. The van der Waals surface area contributed by atoms with Gasteiger partial charge in [-0.2, -0.15) is 0 Å². The average Bonchev–Trinajstić information content (AvgIpc) is 3.05. The van der Waals surface area contributed by atoms with Gasteiger partial charge < -0.3 is 15.4 Å². The highest BCUT2D eigenvalue weighted by Gasteiger charge is 2.29. The molecule has 0 saturated heterocycles. The Morgan fingerprint density at radius 2 is 2.26 bits per heavy atom. The van der Waals surface area contributed by atoms with E-state index in [0.717, 1.165) is 17.7 Å². The lowest BCUT2D eigenvalue weighted by atomic mass is 10.1. The standard InChI is InChI=1S/C14H14N2O2S/c1-18-11-6-8-19-13(11)14(17)16-7-5-9-3-2-4-10(15)12(9)16/h2-4,6,8H,5,7,15H2,1H3. The van der Waals surface area contributed by atoms with E-state index in [1.807, 2.05) is 29.6 Å². The normalized spacial score (nSPS) is 13.4. The maximum atomic E-state index is 12.6. The van der Waals surface area contributed by atoms with Gasteiger partial charge in [-0.1, -0.05) is 12.1 Å². The number of nitrogens with zero attached hydrogens (tertiary/aromatic N) is 1. The maximum Gasteiger partial charge on any atom is 0.272 e. The van der Waals surface area contributed by atoms with Gasteiger partial charge >= 0.3 is 0 Å². The molecule has 1 aliphatic rings. The number of hydrogen-bond donors (Lipinski definition) is 1. The predicted octanol–water partition coefficient (Wildman–Crippen LogP) is 2.54. The third-order valence-electron chi connectivity index (χ3n) is 3.31. The second-order valence-electron chi connectivity index (χ2n) is 4.38. The summed E-state index contributed by atoms with van der Waals surface area (Å²) in [5.74, 6) is 0.585. The summed E-state index contributed by atoms with van der Waals surface area (Å²) >= 11 is 1.39. The van der Waals surface area contributed by atoms with Gasteiger partial charge in [0.2, 0.25) is 0 Å². The zero-order valence-corrected chi connectivity index (χ0v) is 11.4. The Morgan fingerprint density at radius 3 is 3.05 bits per heavy atom. The summed E-state index contributed by atoms with van der Waals surface area (Å²) < 4.78 is 5.22. The quantitative estimate of drug-likeness (QED) is 0.856. The highest BCUT2D eigenvalue weighted by Crippen LogP contribution is 2.36. The van der Waals surface area contributed by atoms with E-state index in [0.29, 0.717) is 22.9 Å². The van der Waals surface area contributed by atoms with E-state index in [-0.39, 0.29) is 5.91 Å². The van der Waals surface area contributed by atoms with Gasteiger partial charge in [0.15, 0.2) is 0 Å². The minimum atomic E-state index is -0.0384. The number of amides is 1. The molecule has 1 aliphatic heterocycles. The molecule has 0 aliphatic carbocycles. The number of ether oxygens (including phenoxy) is 1. The molecule has 1 aromatic heterocycles. The largest absolute Gasteiger partial charge is 0.495 e. The minimum Gasteiger partial charge on any atom is -0.495 e. The molecule has 0 radical (unpaired) electrons. The number of para-hydroxylation sites is 1. The van der Waals surface area contributed by atoms with Gasteiger partial charge in [0.25, 0.3) is 5.91 Å². The van der Waals surface area contributed by atoms with E-state index in [1.54, 1.807) is 12.0 Å². The number of nitrogen functional groups attached to an aromatic ring is 1. The van der Waals surface area contributed by atoms with E-state index >= 15 is 0 Å². The average molecular weight is 274 g/mol. The molecule has 0 fully saturated rings. The number of nitrogens with two attached hydrogens (primary N) is 1. The molecular weight excluding hydrogens is 260 g/mol. The molecule has 2 N–H and O–H groups in total. The highest BCUT2D eigenvalue weighted by molar-refractivity contribution is 7.12. The summed E-state index contributed by atoms with van der Waals surface area (Å²) in [6, 6.07) is 7.58. The number of anilines is 2. The fourth-order valence-corrected chi connectivity index (χ4v) is 3.23. The summed E-state index contributed by atoms with van der Waals surface area (Å²) in [6.07, 6.45) is 0.847. The Morgan fingerprint density at radius 1 is 1.42 bits per heavy atom. The number of rotatable bonds is 2. The summed E-state index contributed by atoms with van der Waals surface area (Å²) in [7, 11) is 1.57. The molecule has 3 rings (SSSR count). The number of benzene rings is 1. The van der Waals surface area contributed by atoms with Gasteiger partial charge in [-0.3, -0.25) is 4.79 Å². The molecule has 19 heavy (non-hydrogen) atoms. The summed E-state index contributed by atoms with van der Waals surface area (Å²) in [4.78, 5) is 15.0. The van der Waals surface area contributed by atoms with Crippen LogP contribution >= 0.6 is 11.3 Å². The van der Waals surface area contributed by atoms with E-state index in [1.165, 1.54) is 11.3 Å². The molecule has 1 aromatic carbocycles. The van der Waals surface area contributed by atoms with Crippen LogP contribution in [0.1, 0.15) is 15.2 Å². The molecule has 0 spiro atoms. The second-order valence-corrected chi connectivity index (χ2v) is 5.30. The second kappa shape index (κ2) is 4.59. The molecule has 5 heteroatoms. The highest BCUT2D eigenvalue weighted by atomic mass is 32.1. The van der Waals surface area contributed by atoms with Crippen molar-refractivity contribution >= 4 is 28.6 Å². The van der Waals surface area contributed by atoms with Crippen LogP contribution in [0, 0.1) is 0 Å². The van der Waals surface area contributed by atoms with Crippen LogP contribution in [0.2, 0.25) is 0 Å². The van der Waals surface area contributed by atoms with Crippen molar-refractivity contribution in [3.63, 3.8) is 0 Å². The van der Waals surface area contributed by atoms with E-state index < -0.39 is 0 Å². The summed E-state index contributed by atoms with van der Waals surface area (Å²) in [5, 5.41) is 1.86. The lowest BCUT2D eigenvalue weighted by Crippen LogP contribution is -2.29. The van der Waals surface area contributed by atoms with Crippen molar-refractivity contribution in [3.8, 4) is 5.75 Å². The number of methoxy groups -OCH3 is 1. The van der Waals surface area contributed by atoms with Crippen molar-refractivity contribution in [2.45, 2.75) is 6.42 Å². The first-order chi connectivity index (χ1) is 9.22. The van der Waals surface area contributed by atoms with Crippen molar-refractivity contribution in [2.75, 3.05) is 24.3 Å². The van der Waals surface area contributed by atoms with Gasteiger partial charge in [0, 0.05) is 6.54 Å². The molecule has 0 saturated carbocycles. The first-order valence-electron chi connectivity index (χ1n) is 6.03. The minimum absolute atomic E-state index is 0.0384. The van der Waals surface area contributed by atoms with Gasteiger partial charge in [0.1, 0.15) is 10.6 Å². The van der Waals surface area contributed by atoms with Crippen LogP contribution in [0.3, 0.4) is 0 Å². The third kappa shape index (κ3) is 1.86. The van der Waals surface area contributed by atoms with Crippen LogP contribution in [-0.4, -0.2) is 19.6 Å². The molecule has 0 atom stereocenters. The van der Waals surface area contributed by atoms with Crippen molar-refractivity contribution < 1.29 is 9.53 Å². The Labute approximate surface area is 115 Å². The first kappa shape index (κ1) is 12.0. The van der Waals surface area contributed by atoms with Crippen LogP contribution in [0.15, 0.2) is 29.6 Å². The van der Waals surface area contributed by atoms with Crippen LogP contribution in [-0.2, 0) is 6.42 Å². The molecule has 1 amide bonds. The van der Waals surface area contributed by atoms with Crippen molar-refractivity contribution in [1.29, 1.82) is 0 Å². The van der Waals surface area contributed by atoms with Crippen molar-refractivity contribution in [1.82, 2.24) is 0 Å². The SMILES string of the molecule is COc1ccsc1C(=O)N1CCc2cccc(N)c21. The summed E-state index contributed by atoms with van der Waals surface area (Å²) in [6.45, 7) is 0.670. The topological polar surface area (TPSA) is 55.6 Å². The Bertz CT molecular complexity index is 636. The van der Waals surface area contributed by atoms with E-state index in [9.17, 15) is 4.79 Å². The molecule has 0 unspecified atom stereocenters. The summed E-state index contributed by atoms with van der Waals surface area (Å²) in [5.41, 5.74) is 8.63. The van der Waals surface area contributed by atoms with Crippen molar-refractivity contribution in [3.05, 3.63) is 40.1 Å². The fourth-order valence-electron chi connectivity index (χ4n) is 2.43. The third-order valence-corrected chi connectivity index (χ3v) is 4.20. The first-order valence-corrected chi connectivity index (χ1v) is 6.91. The molecule has 4 nitrogen and oxygen atoms in total. The van der Waals surface area contributed by atoms with Gasteiger partial charge in [0.05, 0.1) is 18.5 Å². The van der Waals surface area contributed by atoms with Crippen molar-refractivity contribution in [2.24, 2.45) is 0 Å². The van der Waals surface area contributed by atoms with Gasteiger partial charge in [-0.05, 0) is 29.5 Å². The molecule has 2 heterocycles. The van der Waals surface area contributed by atoms with E-state index in [2.05, 4.69) is 0 Å². The number of carbonyl (C=O) groups excluding carboxylic acids is 1. The monoisotopic (exact) mass is 274 g/mol. The number of hydrogen-bond acceptors (Lipinski definition) is 4. The molecular formula is C14H14N2O2S. The molecule has 0 bridgehead atoms.